The Morgan fingerprint density at radius 3 is 2.30 bits per heavy atom. The number of likely N-dealkylation sites (N-methyl/N-ethyl adjacent to an activating group) is 1. The van der Waals surface area contributed by atoms with Crippen molar-refractivity contribution in [2.24, 2.45) is 11.7 Å². The summed E-state index contributed by atoms with van der Waals surface area (Å²) in [7, 11) is 3.77. The zero-order valence-corrected chi connectivity index (χ0v) is 26.9. The number of benzene rings is 2. The first-order valence-corrected chi connectivity index (χ1v) is 15.9. The van der Waals surface area contributed by atoms with Crippen LogP contribution in [0.25, 0.3) is 0 Å². The molecular weight excluding hydrogens is 564 g/mol. The molecular formula is C33H49ClN6O3. The number of nitrogens with zero attached hydrogens (tertiary/aromatic N) is 4. The molecule has 2 amide bonds. The number of nitrogens with two attached hydrogens (primary N) is 1. The molecule has 1 unspecified atom stereocenters. The largest absolute Gasteiger partial charge is 0.496 e. The summed E-state index contributed by atoms with van der Waals surface area (Å²) in [5.74, 6) is 0.879. The number of halogens is 1. The Kier molecular flexibility index (Phi) is 12.2. The van der Waals surface area contributed by atoms with Gasteiger partial charge in [-0.1, -0.05) is 55.8 Å². The standard InChI is InChI=1S/C33H49ClN6O3/c1-24(2)23-40(39-19-17-37(3)18-20-39)27-13-15-38(16-14-27)33(42)30(21-25-9-11-26(34)12-10-25)36-32(41)22-29(35)28-7-5-6-8-31(28)43-4/h5-12,24,27,29-30H,13-23,35H2,1-4H3,(H,36,41)/t29?,30-/m1/s1. The Hall–Kier alpha value is -2.69. The minimum Gasteiger partial charge on any atom is -0.496 e. The Balaban J connectivity index is 1.42. The van der Waals surface area contributed by atoms with Gasteiger partial charge >= 0.3 is 0 Å². The maximum atomic E-state index is 14.0. The van der Waals surface area contributed by atoms with E-state index in [0.29, 0.717) is 42.2 Å². The molecule has 2 aliphatic rings. The summed E-state index contributed by atoms with van der Waals surface area (Å²) in [5.41, 5.74) is 8.11. The molecule has 0 saturated carbocycles. The van der Waals surface area contributed by atoms with Crippen LogP contribution in [0.5, 0.6) is 5.75 Å². The monoisotopic (exact) mass is 612 g/mol. The first-order chi connectivity index (χ1) is 20.6. The molecule has 0 bridgehead atoms. The predicted octanol–water partition coefficient (Wildman–Crippen LogP) is 3.58. The fourth-order valence-corrected chi connectivity index (χ4v) is 6.25. The summed E-state index contributed by atoms with van der Waals surface area (Å²) in [5, 5.41) is 8.75. The van der Waals surface area contributed by atoms with E-state index in [1.807, 2.05) is 53.4 Å². The number of amides is 2. The van der Waals surface area contributed by atoms with Crippen LogP contribution < -0.4 is 15.8 Å². The number of hydrogen-bond acceptors (Lipinski definition) is 7. The summed E-state index contributed by atoms with van der Waals surface area (Å²) in [6.07, 6.45) is 2.24. The number of carbonyl (C=O) groups excluding carboxylic acids is 2. The quantitative estimate of drug-likeness (QED) is 0.378. The van der Waals surface area contributed by atoms with Crippen molar-refractivity contribution in [3.05, 3.63) is 64.7 Å². The van der Waals surface area contributed by atoms with Crippen LogP contribution in [-0.4, -0.2) is 104 Å². The molecule has 9 nitrogen and oxygen atoms in total. The Bertz CT molecular complexity index is 1180. The van der Waals surface area contributed by atoms with E-state index in [9.17, 15) is 9.59 Å². The van der Waals surface area contributed by atoms with Crippen molar-refractivity contribution in [2.75, 3.05) is 60.0 Å². The van der Waals surface area contributed by atoms with Gasteiger partial charge in [0.1, 0.15) is 11.8 Å². The second-order valence-corrected chi connectivity index (χ2v) is 12.8. The van der Waals surface area contributed by atoms with Gasteiger partial charge in [0.25, 0.3) is 0 Å². The lowest BCUT2D eigenvalue weighted by Crippen LogP contribution is -2.60. The predicted molar refractivity (Wildman–Crippen MR) is 172 cm³/mol. The highest BCUT2D eigenvalue weighted by Gasteiger charge is 2.34. The van der Waals surface area contributed by atoms with E-state index in [-0.39, 0.29) is 18.2 Å². The summed E-state index contributed by atoms with van der Waals surface area (Å²) in [6.45, 7) is 11.1. The van der Waals surface area contributed by atoms with Gasteiger partial charge < -0.3 is 25.6 Å². The zero-order valence-electron chi connectivity index (χ0n) is 26.2. The average molecular weight is 613 g/mol. The van der Waals surface area contributed by atoms with Crippen molar-refractivity contribution < 1.29 is 14.3 Å². The number of methoxy groups -OCH3 is 1. The van der Waals surface area contributed by atoms with Crippen molar-refractivity contribution in [3.8, 4) is 5.75 Å². The molecule has 4 rings (SSSR count). The average Bonchev–Trinajstić information content (AvgIpc) is 3.00. The number of carbonyl (C=O) groups is 2. The van der Waals surface area contributed by atoms with Gasteiger partial charge in [-0.25, -0.2) is 10.0 Å². The van der Waals surface area contributed by atoms with Crippen molar-refractivity contribution in [1.29, 1.82) is 0 Å². The molecule has 43 heavy (non-hydrogen) atoms. The smallest absolute Gasteiger partial charge is 0.245 e. The van der Waals surface area contributed by atoms with Crippen molar-refractivity contribution in [3.63, 3.8) is 0 Å². The lowest BCUT2D eigenvalue weighted by Gasteiger charge is -2.47. The Morgan fingerprint density at radius 1 is 1.02 bits per heavy atom. The van der Waals surface area contributed by atoms with Crippen LogP contribution in [-0.2, 0) is 16.0 Å². The fraction of sp³-hybridized carbons (Fsp3) is 0.576. The zero-order chi connectivity index (χ0) is 30.9. The molecule has 0 aliphatic carbocycles. The molecule has 2 saturated heterocycles. The number of rotatable bonds is 12. The van der Waals surface area contributed by atoms with Crippen LogP contribution >= 0.6 is 11.6 Å². The van der Waals surface area contributed by atoms with Crippen LogP contribution in [0.2, 0.25) is 5.02 Å². The maximum absolute atomic E-state index is 14.0. The highest BCUT2D eigenvalue weighted by atomic mass is 35.5. The van der Waals surface area contributed by atoms with Gasteiger partial charge in [0, 0.05) is 81.3 Å². The highest BCUT2D eigenvalue weighted by molar-refractivity contribution is 6.30. The third kappa shape index (κ3) is 9.40. The number of ether oxygens (including phenoxy) is 1. The lowest BCUT2D eigenvalue weighted by atomic mass is 9.99. The van der Waals surface area contributed by atoms with Crippen molar-refractivity contribution in [1.82, 2.24) is 25.1 Å². The second-order valence-electron chi connectivity index (χ2n) is 12.3. The number of hydrogen-bond donors (Lipinski definition) is 2. The van der Waals surface area contributed by atoms with Gasteiger partial charge in [0.05, 0.1) is 7.11 Å². The second kappa shape index (κ2) is 15.9. The van der Waals surface area contributed by atoms with Gasteiger partial charge in [0.15, 0.2) is 0 Å². The van der Waals surface area contributed by atoms with E-state index >= 15 is 0 Å². The molecule has 0 aromatic heterocycles. The Labute approximate surface area is 262 Å². The molecule has 3 N–H and O–H groups in total. The van der Waals surface area contributed by atoms with Crippen LogP contribution in [0.15, 0.2) is 48.5 Å². The van der Waals surface area contributed by atoms with Crippen LogP contribution in [0.3, 0.4) is 0 Å². The SMILES string of the molecule is COc1ccccc1C(N)CC(=O)N[C@H](Cc1ccc(Cl)cc1)C(=O)N1CCC(N(CC(C)C)N2CCN(C)CC2)CC1. The van der Waals surface area contributed by atoms with E-state index in [4.69, 9.17) is 22.1 Å². The van der Waals surface area contributed by atoms with Crippen LogP contribution in [0.1, 0.15) is 50.3 Å². The van der Waals surface area contributed by atoms with Gasteiger partial charge in [-0.3, -0.25) is 9.59 Å². The lowest BCUT2D eigenvalue weighted by molar-refractivity contribution is -0.140. The van der Waals surface area contributed by atoms with Gasteiger partial charge in [0.2, 0.25) is 11.8 Å². The van der Waals surface area contributed by atoms with E-state index in [0.717, 1.165) is 56.7 Å². The maximum Gasteiger partial charge on any atom is 0.245 e. The summed E-state index contributed by atoms with van der Waals surface area (Å²) in [6, 6.07) is 14.0. The summed E-state index contributed by atoms with van der Waals surface area (Å²) in [4.78, 5) is 31.5. The number of hydrazine groups is 1. The van der Waals surface area contributed by atoms with Gasteiger partial charge in [-0.05, 0) is 49.6 Å². The van der Waals surface area contributed by atoms with E-state index < -0.39 is 12.1 Å². The molecule has 2 aromatic rings. The van der Waals surface area contributed by atoms with Crippen molar-refractivity contribution >= 4 is 23.4 Å². The fourth-order valence-electron chi connectivity index (χ4n) is 6.12. The molecule has 2 aliphatic heterocycles. The summed E-state index contributed by atoms with van der Waals surface area (Å²) >= 11 is 6.11. The van der Waals surface area contributed by atoms with E-state index in [2.05, 4.69) is 41.1 Å². The molecule has 2 aromatic carbocycles. The van der Waals surface area contributed by atoms with Gasteiger partial charge in [-0.15, -0.1) is 0 Å². The first-order valence-electron chi connectivity index (χ1n) is 15.6. The van der Waals surface area contributed by atoms with E-state index in [1.165, 1.54) is 0 Å². The topological polar surface area (TPSA) is 94.4 Å². The van der Waals surface area contributed by atoms with E-state index in [1.54, 1.807) is 7.11 Å². The molecule has 2 fully saturated rings. The molecule has 10 heteroatoms. The Morgan fingerprint density at radius 2 is 1.67 bits per heavy atom. The van der Waals surface area contributed by atoms with Crippen LogP contribution in [0, 0.1) is 5.92 Å². The third-order valence-corrected chi connectivity index (χ3v) is 8.77. The molecule has 0 spiro atoms. The van der Waals surface area contributed by atoms with Gasteiger partial charge in [-0.2, -0.15) is 0 Å². The third-order valence-electron chi connectivity index (χ3n) is 8.52. The minimum absolute atomic E-state index is 0.0437. The number of para-hydroxylation sites is 1. The first kappa shape index (κ1) is 33.2. The highest BCUT2D eigenvalue weighted by Crippen LogP contribution is 2.26. The number of likely N-dealkylation sites (tertiary alicyclic amines) is 1. The summed E-state index contributed by atoms with van der Waals surface area (Å²) < 4.78 is 5.43. The van der Waals surface area contributed by atoms with Crippen molar-refractivity contribution in [2.45, 2.75) is 57.7 Å². The van der Waals surface area contributed by atoms with Crippen LogP contribution in [0.4, 0.5) is 0 Å². The number of piperazine rings is 1. The normalized spacial score (nSPS) is 18.6. The molecule has 0 radical (unpaired) electrons. The minimum atomic E-state index is -0.695. The molecule has 2 heterocycles. The number of piperidine rings is 1. The molecule has 236 valence electrons. The number of nitrogens with one attached hydrogen (secondary N) is 1. The molecule has 2 atom stereocenters.